The average molecular weight is 423 g/mol. The molecule has 1 fully saturated rings. The van der Waals surface area contributed by atoms with Gasteiger partial charge in [-0.25, -0.2) is 8.42 Å². The molecular weight excluding hydrogens is 392 g/mol. The van der Waals surface area contributed by atoms with Gasteiger partial charge in [-0.3, -0.25) is 4.79 Å². The van der Waals surface area contributed by atoms with Gasteiger partial charge in [0.05, 0.1) is 6.04 Å². The zero-order valence-electron chi connectivity index (χ0n) is 16.2. The quantitative estimate of drug-likeness (QED) is 0.435. The summed E-state index contributed by atoms with van der Waals surface area (Å²) in [7, 11) is -3.86. The van der Waals surface area contributed by atoms with Gasteiger partial charge >= 0.3 is 0 Å². The van der Waals surface area contributed by atoms with E-state index in [1.165, 1.54) is 52.4 Å². The van der Waals surface area contributed by atoms with Gasteiger partial charge < -0.3 is 15.2 Å². The second-order valence-corrected chi connectivity index (χ2v) is 8.58. The van der Waals surface area contributed by atoms with Crippen molar-refractivity contribution in [3.63, 3.8) is 0 Å². The van der Waals surface area contributed by atoms with Gasteiger partial charge in [-0.05, 0) is 33.6 Å². The summed E-state index contributed by atoms with van der Waals surface area (Å²) in [5.74, 6) is -0.154. The van der Waals surface area contributed by atoms with Gasteiger partial charge in [-0.15, -0.1) is 12.4 Å². The topological polar surface area (TPSA) is 113 Å². The van der Waals surface area contributed by atoms with E-state index in [9.17, 15) is 13.2 Å². The molecule has 27 heavy (non-hydrogen) atoms. The molecule has 0 spiro atoms. The Morgan fingerprint density at radius 2 is 1.81 bits per heavy atom. The van der Waals surface area contributed by atoms with Crippen LogP contribution in [0.1, 0.15) is 56.9 Å². The Kier molecular flexibility index (Phi) is 9.72. The van der Waals surface area contributed by atoms with Crippen LogP contribution in [0.5, 0.6) is 0 Å². The van der Waals surface area contributed by atoms with Crippen LogP contribution in [0, 0.1) is 13.8 Å². The first-order valence-electron chi connectivity index (χ1n) is 9.27. The Hall–Kier alpha value is -1.16. The van der Waals surface area contributed by atoms with Crippen molar-refractivity contribution in [3.8, 4) is 0 Å². The summed E-state index contributed by atoms with van der Waals surface area (Å²) in [6, 6.07) is -0.364. The minimum Gasteiger partial charge on any atom is -0.360 e. The average Bonchev–Trinajstić information content (AvgIpc) is 2.77. The van der Waals surface area contributed by atoms with E-state index in [0.717, 1.165) is 0 Å². The smallest absolute Gasteiger partial charge is 0.246 e. The fraction of sp³-hybridized carbons (Fsp3) is 0.765. The Balaban J connectivity index is 0.00000364. The van der Waals surface area contributed by atoms with Crippen LogP contribution in [0.25, 0.3) is 0 Å². The zero-order valence-corrected chi connectivity index (χ0v) is 17.8. The zero-order chi connectivity index (χ0) is 19.2. The molecule has 1 saturated carbocycles. The fourth-order valence-electron chi connectivity index (χ4n) is 3.30. The Labute approximate surface area is 167 Å². The van der Waals surface area contributed by atoms with E-state index in [0.29, 0.717) is 19.1 Å². The van der Waals surface area contributed by atoms with Crippen LogP contribution in [0.15, 0.2) is 9.42 Å². The first-order valence-corrected chi connectivity index (χ1v) is 10.8. The minimum atomic E-state index is -3.86. The van der Waals surface area contributed by atoms with Crippen molar-refractivity contribution >= 4 is 28.3 Å². The van der Waals surface area contributed by atoms with Gasteiger partial charge in [0.2, 0.25) is 15.9 Å². The van der Waals surface area contributed by atoms with E-state index in [-0.39, 0.29) is 34.7 Å². The summed E-state index contributed by atoms with van der Waals surface area (Å²) in [6.07, 6.45) is 7.48. The lowest BCUT2D eigenvalue weighted by molar-refractivity contribution is -0.122. The fourth-order valence-corrected chi connectivity index (χ4v) is 4.83. The normalized spacial score (nSPS) is 17.0. The van der Waals surface area contributed by atoms with Gasteiger partial charge in [0.1, 0.15) is 10.6 Å². The lowest BCUT2D eigenvalue weighted by atomic mass is 10.1. The lowest BCUT2D eigenvalue weighted by Crippen LogP contribution is -2.46. The maximum atomic E-state index is 12.4. The van der Waals surface area contributed by atoms with E-state index in [1.807, 2.05) is 0 Å². The van der Waals surface area contributed by atoms with E-state index < -0.39 is 16.1 Å². The number of carbonyl (C=O) groups excluding carboxylic acids is 1. The molecule has 1 amide bonds. The second-order valence-electron chi connectivity index (χ2n) is 6.93. The number of nitrogens with one attached hydrogen (secondary N) is 3. The van der Waals surface area contributed by atoms with Crippen LogP contribution in [0.3, 0.4) is 0 Å². The van der Waals surface area contributed by atoms with E-state index in [1.54, 1.807) is 6.92 Å². The Bertz CT molecular complexity index is 680. The molecule has 8 nitrogen and oxygen atoms in total. The molecule has 156 valence electrons. The Morgan fingerprint density at radius 1 is 1.19 bits per heavy atom. The molecular formula is C17H31ClN4O4S. The van der Waals surface area contributed by atoms with Crippen molar-refractivity contribution in [1.82, 2.24) is 20.5 Å². The minimum absolute atomic E-state index is 0. The summed E-state index contributed by atoms with van der Waals surface area (Å²) in [6.45, 7) is 5.74. The largest absolute Gasteiger partial charge is 0.360 e. The highest BCUT2D eigenvalue weighted by Gasteiger charge is 2.28. The number of halogens is 1. The summed E-state index contributed by atoms with van der Waals surface area (Å²) in [5.41, 5.74) is 0.273. The standard InChI is InChI=1S/C17H30N4O4S.ClH/c1-12-16(14(3)25-20-12)26(23,24)21-13(2)17(22)19-11-10-18-15-8-6-4-5-7-9-15;/h13,15,18,21H,4-11H2,1-3H3,(H,19,22);1H. The molecule has 2 rings (SSSR count). The van der Waals surface area contributed by atoms with Crippen molar-refractivity contribution in [3.05, 3.63) is 11.5 Å². The first kappa shape index (κ1) is 23.9. The van der Waals surface area contributed by atoms with Gasteiger partial charge in [0, 0.05) is 19.1 Å². The molecule has 0 saturated heterocycles. The highest BCUT2D eigenvalue weighted by molar-refractivity contribution is 7.89. The summed E-state index contributed by atoms with van der Waals surface area (Å²) in [5, 5.41) is 9.88. The third kappa shape index (κ3) is 7.06. The maximum absolute atomic E-state index is 12.4. The number of aromatic nitrogens is 1. The van der Waals surface area contributed by atoms with Crippen molar-refractivity contribution in [2.75, 3.05) is 13.1 Å². The molecule has 3 N–H and O–H groups in total. The summed E-state index contributed by atoms with van der Waals surface area (Å²) >= 11 is 0. The maximum Gasteiger partial charge on any atom is 0.246 e. The molecule has 0 bridgehead atoms. The predicted molar refractivity (Wildman–Crippen MR) is 106 cm³/mol. The summed E-state index contributed by atoms with van der Waals surface area (Å²) in [4.78, 5) is 12.2. The van der Waals surface area contributed by atoms with Gasteiger partial charge in [0.25, 0.3) is 0 Å². The number of nitrogens with zero attached hydrogens (tertiary/aromatic N) is 1. The highest BCUT2D eigenvalue weighted by atomic mass is 35.5. The van der Waals surface area contributed by atoms with Crippen molar-refractivity contribution < 1.29 is 17.7 Å². The number of hydrogen-bond donors (Lipinski definition) is 3. The molecule has 1 aliphatic rings. The molecule has 1 aromatic heterocycles. The van der Waals surface area contributed by atoms with Crippen LogP contribution in [0.4, 0.5) is 0 Å². The molecule has 1 atom stereocenters. The van der Waals surface area contributed by atoms with E-state index in [4.69, 9.17) is 4.52 Å². The van der Waals surface area contributed by atoms with Crippen LogP contribution in [-0.4, -0.2) is 44.7 Å². The van der Waals surface area contributed by atoms with Gasteiger partial charge in [0.15, 0.2) is 5.76 Å². The third-order valence-electron chi connectivity index (χ3n) is 4.67. The van der Waals surface area contributed by atoms with Crippen molar-refractivity contribution in [2.45, 2.75) is 76.3 Å². The predicted octanol–water partition coefficient (Wildman–Crippen LogP) is 1.81. The molecule has 0 aromatic carbocycles. The van der Waals surface area contributed by atoms with E-state index >= 15 is 0 Å². The number of rotatable bonds is 8. The third-order valence-corrected chi connectivity index (χ3v) is 6.46. The summed E-state index contributed by atoms with van der Waals surface area (Å²) < 4.78 is 32.1. The second kappa shape index (κ2) is 11.0. The van der Waals surface area contributed by atoms with Crippen molar-refractivity contribution in [2.24, 2.45) is 0 Å². The van der Waals surface area contributed by atoms with E-state index in [2.05, 4.69) is 20.5 Å². The number of carbonyl (C=O) groups is 1. The number of hydrogen-bond acceptors (Lipinski definition) is 6. The van der Waals surface area contributed by atoms with Crippen LogP contribution in [-0.2, 0) is 14.8 Å². The van der Waals surface area contributed by atoms with Crippen LogP contribution >= 0.6 is 12.4 Å². The molecule has 0 aliphatic heterocycles. The SMILES string of the molecule is Cc1noc(C)c1S(=O)(=O)NC(C)C(=O)NCCNC1CCCCCC1.Cl. The van der Waals surface area contributed by atoms with Crippen LogP contribution in [0.2, 0.25) is 0 Å². The van der Waals surface area contributed by atoms with Gasteiger partial charge in [-0.2, -0.15) is 4.72 Å². The molecule has 1 heterocycles. The number of amides is 1. The first-order chi connectivity index (χ1) is 12.3. The van der Waals surface area contributed by atoms with Crippen molar-refractivity contribution in [1.29, 1.82) is 0 Å². The molecule has 0 radical (unpaired) electrons. The number of sulfonamides is 1. The molecule has 1 aromatic rings. The van der Waals surface area contributed by atoms with Gasteiger partial charge in [-0.1, -0.05) is 30.8 Å². The van der Waals surface area contributed by atoms with Crippen LogP contribution < -0.4 is 15.4 Å². The molecule has 10 heteroatoms. The number of aryl methyl sites for hydroxylation is 2. The molecule has 1 aliphatic carbocycles. The lowest BCUT2D eigenvalue weighted by Gasteiger charge is -2.17. The highest BCUT2D eigenvalue weighted by Crippen LogP contribution is 2.19. The monoisotopic (exact) mass is 422 g/mol. The Morgan fingerprint density at radius 3 is 2.37 bits per heavy atom. The molecule has 1 unspecified atom stereocenters.